The van der Waals surface area contributed by atoms with E-state index in [1.807, 2.05) is 6.08 Å². The van der Waals surface area contributed by atoms with Crippen molar-refractivity contribution in [1.29, 1.82) is 0 Å². The number of nitrogens with two attached hydrogens (primary N) is 1. The summed E-state index contributed by atoms with van der Waals surface area (Å²) in [5, 5.41) is 9.42. The molecule has 2 aromatic rings. The maximum Gasteiger partial charge on any atom is 0.280 e. The van der Waals surface area contributed by atoms with Gasteiger partial charge in [0.25, 0.3) is 5.56 Å². The molecule has 7 heteroatoms. The van der Waals surface area contributed by atoms with Crippen molar-refractivity contribution in [3.63, 3.8) is 0 Å². The largest absolute Gasteiger partial charge is 0.394 e. The minimum atomic E-state index is -0.673. The van der Waals surface area contributed by atoms with Crippen LogP contribution < -0.4 is 11.3 Å². The molecule has 0 spiro atoms. The molecule has 0 amide bonds. The predicted octanol–water partition coefficient (Wildman–Crippen LogP) is -0.185. The van der Waals surface area contributed by atoms with Gasteiger partial charge in [-0.25, -0.2) is 4.98 Å². The summed E-state index contributed by atoms with van der Waals surface area (Å²) in [5.41, 5.74) is 5.15. The van der Waals surface area contributed by atoms with Crippen molar-refractivity contribution in [3.05, 3.63) is 28.8 Å². The number of aliphatic hydroxyl groups excluding tert-OH is 1. The van der Waals surface area contributed by atoms with Crippen LogP contribution in [0.4, 0.5) is 5.95 Å². The summed E-state index contributed by atoms with van der Waals surface area (Å²) in [5.74, 6) is 2.64. The van der Waals surface area contributed by atoms with Gasteiger partial charge >= 0.3 is 0 Å². The first-order chi connectivity index (χ1) is 9.58. The van der Waals surface area contributed by atoms with Crippen LogP contribution in [0.2, 0.25) is 0 Å². The normalized spacial score (nSPS) is 25.1. The zero-order valence-corrected chi connectivity index (χ0v) is 10.6. The SMILES string of the molecule is C#CC1(CO)C=C[C@H](n2cnc3c(=O)[nH]c(N)nc32)C1. The Morgan fingerprint density at radius 1 is 1.70 bits per heavy atom. The van der Waals surface area contributed by atoms with Gasteiger partial charge in [-0.1, -0.05) is 18.1 Å². The molecule has 20 heavy (non-hydrogen) atoms. The molecule has 3 rings (SSSR count). The maximum atomic E-state index is 11.7. The van der Waals surface area contributed by atoms with Crippen molar-refractivity contribution in [1.82, 2.24) is 19.5 Å². The lowest BCUT2D eigenvalue weighted by atomic mass is 9.89. The first kappa shape index (κ1) is 12.4. The molecule has 4 N–H and O–H groups in total. The number of fused-ring (bicyclic) bond motifs is 1. The summed E-state index contributed by atoms with van der Waals surface area (Å²) >= 11 is 0. The van der Waals surface area contributed by atoms with Gasteiger partial charge in [0, 0.05) is 0 Å². The summed E-state index contributed by atoms with van der Waals surface area (Å²) in [6, 6.07) is -0.114. The molecule has 2 atom stereocenters. The van der Waals surface area contributed by atoms with E-state index in [0.717, 1.165) is 0 Å². The molecule has 1 unspecified atom stereocenters. The number of nitrogens with zero attached hydrogens (tertiary/aromatic N) is 3. The molecule has 0 radical (unpaired) electrons. The Balaban J connectivity index is 2.08. The van der Waals surface area contributed by atoms with Crippen molar-refractivity contribution in [2.75, 3.05) is 12.3 Å². The second-order valence-electron chi connectivity index (χ2n) is 4.86. The lowest BCUT2D eigenvalue weighted by Crippen LogP contribution is -2.20. The van der Waals surface area contributed by atoms with Crippen LogP contribution in [0.25, 0.3) is 11.2 Å². The molecule has 0 saturated heterocycles. The Morgan fingerprint density at radius 2 is 2.50 bits per heavy atom. The summed E-state index contributed by atoms with van der Waals surface area (Å²) in [6.45, 7) is -0.126. The molecule has 0 saturated carbocycles. The van der Waals surface area contributed by atoms with Crippen LogP contribution in [0.3, 0.4) is 0 Å². The Kier molecular flexibility index (Phi) is 2.62. The number of allylic oxidation sites excluding steroid dienone is 1. The van der Waals surface area contributed by atoms with Crippen LogP contribution >= 0.6 is 0 Å². The van der Waals surface area contributed by atoms with Gasteiger partial charge in [0.2, 0.25) is 5.95 Å². The zero-order chi connectivity index (χ0) is 14.3. The average molecular weight is 271 g/mol. The van der Waals surface area contributed by atoms with Crippen molar-refractivity contribution in [2.24, 2.45) is 5.41 Å². The molecule has 0 aromatic carbocycles. The quantitative estimate of drug-likeness (QED) is 0.518. The van der Waals surface area contributed by atoms with E-state index in [1.54, 1.807) is 10.6 Å². The number of terminal acetylenes is 1. The second kappa shape index (κ2) is 4.21. The number of anilines is 1. The van der Waals surface area contributed by atoms with Gasteiger partial charge in [-0.05, 0) is 6.42 Å². The number of aliphatic hydroxyl groups is 1. The molecular formula is C13H13N5O2. The van der Waals surface area contributed by atoms with Crippen LogP contribution in [0.1, 0.15) is 12.5 Å². The molecule has 0 bridgehead atoms. The summed E-state index contributed by atoms with van der Waals surface area (Å²) in [6.07, 6.45) is 11.2. The number of imidazole rings is 1. The lowest BCUT2D eigenvalue weighted by Gasteiger charge is -2.20. The molecule has 1 aliphatic carbocycles. The fourth-order valence-electron chi connectivity index (χ4n) is 2.45. The monoisotopic (exact) mass is 271 g/mol. The van der Waals surface area contributed by atoms with Gasteiger partial charge < -0.3 is 15.4 Å². The minimum Gasteiger partial charge on any atom is -0.394 e. The highest BCUT2D eigenvalue weighted by Crippen LogP contribution is 2.38. The standard InChI is InChI=1S/C13H13N5O2/c1-2-13(6-19)4-3-8(5-13)18-7-15-9-10(18)16-12(14)17-11(9)20/h1,3-4,7-8,19H,5-6H2,(H3,14,16,17,20)/t8-,13?/m0/s1. The van der Waals surface area contributed by atoms with Gasteiger partial charge in [0.05, 0.1) is 24.4 Å². The van der Waals surface area contributed by atoms with Crippen molar-refractivity contribution >= 4 is 17.1 Å². The third-order valence-electron chi connectivity index (χ3n) is 3.59. The molecular weight excluding hydrogens is 258 g/mol. The van der Waals surface area contributed by atoms with Gasteiger partial charge in [0.1, 0.15) is 0 Å². The predicted molar refractivity (Wildman–Crippen MR) is 73.7 cm³/mol. The third kappa shape index (κ3) is 1.70. The Morgan fingerprint density at radius 3 is 3.15 bits per heavy atom. The van der Waals surface area contributed by atoms with E-state index in [1.165, 1.54) is 6.33 Å². The fraction of sp³-hybridized carbons (Fsp3) is 0.308. The smallest absolute Gasteiger partial charge is 0.280 e. The first-order valence-corrected chi connectivity index (χ1v) is 6.09. The maximum absolute atomic E-state index is 11.7. The lowest BCUT2D eigenvalue weighted by molar-refractivity contribution is 0.204. The molecule has 1 aliphatic rings. The number of hydrogen-bond donors (Lipinski definition) is 3. The number of hydrogen-bond acceptors (Lipinski definition) is 5. The topological polar surface area (TPSA) is 110 Å². The van der Waals surface area contributed by atoms with Gasteiger partial charge in [0.15, 0.2) is 11.2 Å². The molecule has 2 heterocycles. The van der Waals surface area contributed by atoms with E-state index in [9.17, 15) is 9.90 Å². The van der Waals surface area contributed by atoms with E-state index in [-0.39, 0.29) is 29.7 Å². The van der Waals surface area contributed by atoms with Crippen LogP contribution in [-0.2, 0) is 0 Å². The number of aromatic amines is 1. The van der Waals surface area contributed by atoms with E-state index in [4.69, 9.17) is 12.2 Å². The van der Waals surface area contributed by atoms with E-state index in [0.29, 0.717) is 12.1 Å². The van der Waals surface area contributed by atoms with Gasteiger partial charge in [-0.2, -0.15) is 4.98 Å². The van der Waals surface area contributed by atoms with Crippen molar-refractivity contribution < 1.29 is 5.11 Å². The zero-order valence-electron chi connectivity index (χ0n) is 10.6. The van der Waals surface area contributed by atoms with Crippen LogP contribution in [0.5, 0.6) is 0 Å². The molecule has 7 nitrogen and oxygen atoms in total. The summed E-state index contributed by atoms with van der Waals surface area (Å²) < 4.78 is 1.74. The van der Waals surface area contributed by atoms with E-state index < -0.39 is 5.41 Å². The number of rotatable bonds is 2. The molecule has 2 aromatic heterocycles. The summed E-state index contributed by atoms with van der Waals surface area (Å²) in [7, 11) is 0. The number of aromatic nitrogens is 4. The third-order valence-corrected chi connectivity index (χ3v) is 3.59. The molecule has 0 fully saturated rings. The average Bonchev–Trinajstić information content (AvgIpc) is 3.02. The first-order valence-electron chi connectivity index (χ1n) is 6.09. The van der Waals surface area contributed by atoms with Gasteiger partial charge in [-0.15, -0.1) is 6.42 Å². The number of H-pyrrole nitrogens is 1. The van der Waals surface area contributed by atoms with Crippen LogP contribution in [0.15, 0.2) is 23.3 Å². The number of nitrogen functional groups attached to an aromatic ring is 1. The second-order valence-corrected chi connectivity index (χ2v) is 4.86. The highest BCUT2D eigenvalue weighted by atomic mass is 16.3. The van der Waals surface area contributed by atoms with Gasteiger partial charge in [-0.3, -0.25) is 9.78 Å². The Hall–Kier alpha value is -2.59. The van der Waals surface area contributed by atoms with Crippen LogP contribution in [-0.4, -0.2) is 31.2 Å². The molecule has 0 aliphatic heterocycles. The Labute approximate surface area is 114 Å². The Bertz CT molecular complexity index is 797. The molecule has 102 valence electrons. The van der Waals surface area contributed by atoms with Crippen LogP contribution in [0, 0.1) is 17.8 Å². The van der Waals surface area contributed by atoms with E-state index in [2.05, 4.69) is 20.9 Å². The highest BCUT2D eigenvalue weighted by Gasteiger charge is 2.33. The highest BCUT2D eigenvalue weighted by molar-refractivity contribution is 5.70. The van der Waals surface area contributed by atoms with Crippen molar-refractivity contribution in [3.8, 4) is 12.3 Å². The minimum absolute atomic E-state index is 0.0385. The van der Waals surface area contributed by atoms with Crippen molar-refractivity contribution in [2.45, 2.75) is 12.5 Å². The number of nitrogens with one attached hydrogen (secondary N) is 1. The summed E-state index contributed by atoms with van der Waals surface area (Å²) in [4.78, 5) is 22.3. The fourth-order valence-corrected chi connectivity index (χ4v) is 2.45. The van der Waals surface area contributed by atoms with E-state index >= 15 is 0 Å².